The molecule has 0 radical (unpaired) electrons. The molecule has 0 bridgehead atoms. The summed E-state index contributed by atoms with van der Waals surface area (Å²) < 4.78 is 98.4. The Morgan fingerprint density at radius 3 is 1.30 bits per heavy atom. The van der Waals surface area contributed by atoms with Gasteiger partial charge >= 0.3 is 16.1 Å². The Morgan fingerprint density at radius 1 is 0.491 bits per heavy atom. The molecule has 0 spiro atoms. The number of ether oxygens (including phenoxy) is 1. The van der Waals surface area contributed by atoms with Crippen LogP contribution >= 0.6 is 0 Å². The van der Waals surface area contributed by atoms with Crippen molar-refractivity contribution in [3.05, 3.63) is 168 Å². The summed E-state index contributed by atoms with van der Waals surface area (Å²) in [7, 11) is -5.75. The molecule has 0 fully saturated rings. The summed E-state index contributed by atoms with van der Waals surface area (Å²) in [6, 6.07) is 42.7. The molecule has 0 atom stereocenters. The summed E-state index contributed by atoms with van der Waals surface area (Å²) in [6.07, 6.45) is 0. The lowest BCUT2D eigenvalue weighted by Gasteiger charge is -2.20. The molecule has 0 aliphatic rings. The van der Waals surface area contributed by atoms with E-state index in [-0.39, 0.29) is 16.7 Å². The maximum Gasteiger partial charge on any atom is 0.345 e. The number of esters is 1. The zero-order valence-electron chi connectivity index (χ0n) is 27.3. The standard InChI is InChI=1S/C43H24F4O5S/c44-37-39(46)42(53(49,50)51)40(47)38(45)41(37)52-43(48)36-34(32-20-8-14-25-11-2-5-17-29(25)32)22-27(31-19-7-13-24-10-1-4-16-28(24)31)23-35(36)33-21-9-15-26-12-3-6-18-30(26)33/h1-23H,(H,49,50,51). The van der Waals surface area contributed by atoms with Gasteiger partial charge in [0, 0.05) is 0 Å². The lowest BCUT2D eigenvalue weighted by molar-refractivity contribution is 0.0718. The Bertz CT molecular complexity index is 2780. The van der Waals surface area contributed by atoms with Gasteiger partial charge in [0.05, 0.1) is 5.56 Å². The molecule has 0 unspecified atom stereocenters. The van der Waals surface area contributed by atoms with E-state index in [0.29, 0.717) is 16.7 Å². The minimum Gasteiger partial charge on any atom is -0.416 e. The first-order valence-electron chi connectivity index (χ1n) is 16.2. The first-order valence-corrected chi connectivity index (χ1v) is 17.6. The van der Waals surface area contributed by atoms with Crippen molar-refractivity contribution < 1.29 is 40.1 Å². The van der Waals surface area contributed by atoms with Crippen LogP contribution in [-0.2, 0) is 10.1 Å². The fraction of sp³-hybridized carbons (Fsp3) is 0. The van der Waals surface area contributed by atoms with E-state index in [0.717, 1.165) is 37.9 Å². The van der Waals surface area contributed by atoms with Gasteiger partial charge in [0.2, 0.25) is 17.4 Å². The lowest BCUT2D eigenvalue weighted by atomic mass is 9.84. The van der Waals surface area contributed by atoms with Gasteiger partial charge in [-0.25, -0.2) is 13.6 Å². The van der Waals surface area contributed by atoms with Crippen molar-refractivity contribution in [2.75, 3.05) is 0 Å². The quantitative estimate of drug-likeness (QED) is 0.0606. The van der Waals surface area contributed by atoms with Crippen LogP contribution in [0.4, 0.5) is 17.6 Å². The highest BCUT2D eigenvalue weighted by atomic mass is 32.2. The van der Waals surface area contributed by atoms with Crippen molar-refractivity contribution in [3.63, 3.8) is 0 Å². The molecule has 8 rings (SSSR count). The van der Waals surface area contributed by atoms with Crippen molar-refractivity contribution in [2.45, 2.75) is 4.90 Å². The second-order valence-electron chi connectivity index (χ2n) is 12.3. The molecule has 0 aliphatic heterocycles. The van der Waals surface area contributed by atoms with Gasteiger partial charge in [-0.05, 0) is 77.8 Å². The van der Waals surface area contributed by atoms with Gasteiger partial charge in [-0.3, -0.25) is 4.55 Å². The second-order valence-corrected chi connectivity index (χ2v) is 13.7. The molecule has 0 saturated carbocycles. The van der Waals surface area contributed by atoms with Crippen LogP contribution in [0.5, 0.6) is 5.75 Å². The van der Waals surface area contributed by atoms with Crippen molar-refractivity contribution >= 4 is 48.4 Å². The Hall–Kier alpha value is -6.36. The van der Waals surface area contributed by atoms with Gasteiger partial charge in [0.1, 0.15) is 0 Å². The van der Waals surface area contributed by atoms with E-state index in [4.69, 9.17) is 4.74 Å². The molecule has 260 valence electrons. The fourth-order valence-electron chi connectivity index (χ4n) is 6.89. The largest absolute Gasteiger partial charge is 0.416 e. The molecule has 8 aromatic carbocycles. The molecule has 53 heavy (non-hydrogen) atoms. The molecular weight excluding hydrogens is 705 g/mol. The number of carbonyl (C=O) groups excluding carboxylic acids is 1. The van der Waals surface area contributed by atoms with Crippen molar-refractivity contribution in [2.24, 2.45) is 0 Å². The summed E-state index contributed by atoms with van der Waals surface area (Å²) in [6.45, 7) is 0. The Morgan fingerprint density at radius 2 is 0.868 bits per heavy atom. The van der Waals surface area contributed by atoms with E-state index in [1.807, 2.05) is 103 Å². The van der Waals surface area contributed by atoms with E-state index in [1.165, 1.54) is 0 Å². The fourth-order valence-corrected chi connectivity index (χ4v) is 7.52. The van der Waals surface area contributed by atoms with Crippen LogP contribution in [0.15, 0.2) is 144 Å². The van der Waals surface area contributed by atoms with E-state index in [9.17, 15) is 26.5 Å². The van der Waals surface area contributed by atoms with Crippen LogP contribution in [0.25, 0.3) is 65.7 Å². The predicted molar refractivity (Wildman–Crippen MR) is 196 cm³/mol. The van der Waals surface area contributed by atoms with Crippen LogP contribution in [0.1, 0.15) is 10.4 Å². The lowest BCUT2D eigenvalue weighted by Crippen LogP contribution is -2.17. The molecular formula is C43H24F4O5S. The normalized spacial score (nSPS) is 11.7. The number of hydrogen-bond donors (Lipinski definition) is 1. The minimum absolute atomic E-state index is 0.194. The number of rotatable bonds is 6. The summed E-state index contributed by atoms with van der Waals surface area (Å²) in [5, 5.41) is 4.93. The van der Waals surface area contributed by atoms with Crippen molar-refractivity contribution in [1.29, 1.82) is 0 Å². The van der Waals surface area contributed by atoms with Gasteiger partial charge in [0.25, 0.3) is 0 Å². The average molecular weight is 729 g/mol. The van der Waals surface area contributed by atoms with Crippen molar-refractivity contribution in [1.82, 2.24) is 0 Å². The highest BCUT2D eigenvalue weighted by Gasteiger charge is 2.35. The van der Waals surface area contributed by atoms with E-state index in [1.54, 1.807) is 36.4 Å². The van der Waals surface area contributed by atoms with Gasteiger partial charge in [0.15, 0.2) is 16.5 Å². The molecule has 0 heterocycles. The highest BCUT2D eigenvalue weighted by Crippen LogP contribution is 2.44. The van der Waals surface area contributed by atoms with Crippen molar-refractivity contribution in [3.8, 4) is 39.1 Å². The summed E-state index contributed by atoms with van der Waals surface area (Å²) in [5.41, 5.74) is 2.93. The third-order valence-electron chi connectivity index (χ3n) is 9.24. The zero-order valence-corrected chi connectivity index (χ0v) is 28.1. The Kier molecular flexibility index (Phi) is 8.28. The van der Waals surface area contributed by atoms with Crippen LogP contribution < -0.4 is 4.74 Å². The smallest absolute Gasteiger partial charge is 0.345 e. The first kappa shape index (κ1) is 33.8. The third kappa shape index (κ3) is 5.78. The maximum absolute atomic E-state index is 15.4. The van der Waals surface area contributed by atoms with Crippen LogP contribution in [0.2, 0.25) is 0 Å². The third-order valence-corrected chi connectivity index (χ3v) is 10.1. The molecule has 0 saturated heterocycles. The SMILES string of the molecule is O=C(Oc1c(F)c(F)c(S(=O)(=O)O)c(F)c1F)c1c(-c2cccc3ccccc23)cc(-c2cccc3ccccc23)cc1-c1cccc2ccccc12. The summed E-state index contributed by atoms with van der Waals surface area (Å²) in [5.74, 6) is -12.8. The van der Waals surface area contributed by atoms with Gasteiger partial charge in [-0.1, -0.05) is 127 Å². The van der Waals surface area contributed by atoms with Crippen LogP contribution in [0, 0.1) is 23.3 Å². The van der Waals surface area contributed by atoms with Gasteiger partial charge in [-0.15, -0.1) is 0 Å². The van der Waals surface area contributed by atoms with Crippen LogP contribution in [0.3, 0.4) is 0 Å². The minimum atomic E-state index is -5.75. The number of fused-ring (bicyclic) bond motifs is 3. The van der Waals surface area contributed by atoms with Gasteiger partial charge in [-0.2, -0.15) is 17.2 Å². The van der Waals surface area contributed by atoms with Gasteiger partial charge < -0.3 is 4.74 Å². The number of carbonyl (C=O) groups is 1. The topological polar surface area (TPSA) is 80.7 Å². The van der Waals surface area contributed by atoms with E-state index in [2.05, 4.69) is 0 Å². The molecule has 0 amide bonds. The number of halogens is 4. The molecule has 0 aliphatic carbocycles. The first-order chi connectivity index (χ1) is 25.5. The monoisotopic (exact) mass is 728 g/mol. The highest BCUT2D eigenvalue weighted by molar-refractivity contribution is 7.85. The average Bonchev–Trinajstić information content (AvgIpc) is 3.17. The molecule has 8 aromatic rings. The molecule has 10 heteroatoms. The van der Waals surface area contributed by atoms with E-state index < -0.39 is 50.0 Å². The number of hydrogen-bond acceptors (Lipinski definition) is 4. The zero-order chi connectivity index (χ0) is 37.0. The summed E-state index contributed by atoms with van der Waals surface area (Å²) in [4.78, 5) is 12.3. The second kappa shape index (κ2) is 13.0. The molecule has 5 nitrogen and oxygen atoms in total. The van der Waals surface area contributed by atoms with E-state index >= 15 is 8.78 Å². The Balaban J connectivity index is 1.48. The van der Waals surface area contributed by atoms with Crippen LogP contribution in [-0.4, -0.2) is 18.9 Å². The molecule has 1 N–H and O–H groups in total. The maximum atomic E-state index is 15.4. The summed E-state index contributed by atoms with van der Waals surface area (Å²) >= 11 is 0. The molecule has 0 aromatic heterocycles. The number of benzene rings is 8. The Labute approximate surface area is 300 Å². The predicted octanol–water partition coefficient (Wildman–Crippen LogP) is 11.2.